The molecule has 0 fully saturated rings. The number of nitrogens with two attached hydrogens (primary N) is 1. The summed E-state index contributed by atoms with van der Waals surface area (Å²) in [7, 11) is 4.90. The van der Waals surface area contributed by atoms with Crippen molar-refractivity contribution in [3.05, 3.63) is 193 Å². The molecule has 0 aliphatic carbocycles. The van der Waals surface area contributed by atoms with Crippen molar-refractivity contribution in [1.82, 2.24) is 40.3 Å². The Morgan fingerprint density at radius 2 is 0.945 bits per heavy atom. The number of nitrogen functional groups attached to an aromatic ring is 1. The van der Waals surface area contributed by atoms with E-state index in [0.717, 1.165) is 82.9 Å². The monoisotopic (exact) mass is 1030 g/mol. The van der Waals surface area contributed by atoms with Crippen molar-refractivity contribution in [2.45, 2.75) is 6.92 Å². The molecule has 4 heterocycles. The van der Waals surface area contributed by atoms with Crippen LogP contribution in [0.15, 0.2) is 187 Å². The normalized spacial score (nSPS) is 10.6. The van der Waals surface area contributed by atoms with E-state index in [4.69, 9.17) is 19.9 Å². The van der Waals surface area contributed by atoms with Gasteiger partial charge in [0.05, 0.1) is 54.9 Å². The summed E-state index contributed by atoms with van der Waals surface area (Å²) < 4.78 is 16.9. The fourth-order valence-electron chi connectivity index (χ4n) is 8.00. The van der Waals surface area contributed by atoms with E-state index in [1.54, 1.807) is 34.3 Å². The van der Waals surface area contributed by atoms with Gasteiger partial charge in [-0.15, -0.1) is 0 Å². The molecule has 4 aromatic heterocycles. The van der Waals surface area contributed by atoms with Crippen LogP contribution in [0.1, 0.15) is 17.3 Å². The van der Waals surface area contributed by atoms with Gasteiger partial charge >= 0.3 is 0 Å². The Labute approximate surface area is 429 Å². The number of aromatic amines is 2. The number of rotatable bonds is 12. The van der Waals surface area contributed by atoms with Gasteiger partial charge in [-0.25, -0.2) is 19.9 Å². The number of ketones is 1. The molecule has 362 valence electrons. The van der Waals surface area contributed by atoms with Crippen LogP contribution in [0.3, 0.4) is 0 Å². The molecule has 15 nitrogen and oxygen atoms in total. The Kier molecular flexibility index (Phi) is 15.0. The van der Waals surface area contributed by atoms with Crippen LogP contribution in [-0.2, 0) is 0 Å². The number of aromatic nitrogens is 8. The van der Waals surface area contributed by atoms with Crippen molar-refractivity contribution in [1.29, 1.82) is 0 Å². The SMILES string of the molecule is COc1ccc(-c2ccccc2)cc1N.COc1ccc(-c2ccccc2)cc1Nc1ncnc2n[nH]c(-c3cccc(C(C)=O)c3)c12.COc1ccc(-c2ccccc2)cc1Nc1ncnc2n[nH]c(Br)c12. The Hall–Kier alpha value is -9.41. The number of carbonyl (C=O) groups is 1. The number of carbonyl (C=O) groups excluding carboxylic acids is 1. The number of methoxy groups -OCH3 is 3. The molecule has 0 radical (unpaired) electrons. The standard InChI is InChI=1S/C26H21N5O2.C18H14BrN5O.C13H13NO/c1-16(32)18-9-6-10-20(13-18)24-23-25(27-15-28-26(23)31-30-24)29-21-14-19(11-12-22(21)33-2)17-7-4-3-5-8-17;1-25-14-8-7-12(11-5-3-2-4-6-11)9-13(14)22-17-15-16(19)23-24-18(15)21-10-20-17;1-15-13-8-7-11(9-12(13)14)10-5-3-2-4-6-10/h3-15H,1-2H3,(H2,27,28,29,30,31);2-10H,1H3,(H2,20,21,22,23,24);2-9H,14H2,1H3. The quantitative estimate of drug-likeness (QED) is 0.0572. The molecule has 11 aromatic rings. The molecule has 0 spiro atoms. The van der Waals surface area contributed by atoms with E-state index < -0.39 is 0 Å². The van der Waals surface area contributed by atoms with Gasteiger partial charge < -0.3 is 30.6 Å². The van der Waals surface area contributed by atoms with E-state index in [9.17, 15) is 4.79 Å². The smallest absolute Gasteiger partial charge is 0.187 e. The molecular formula is C57H48BrN11O4. The van der Waals surface area contributed by atoms with Gasteiger partial charge in [0, 0.05) is 11.1 Å². The first-order valence-electron chi connectivity index (χ1n) is 22.9. The molecule has 0 saturated heterocycles. The molecule has 16 heteroatoms. The van der Waals surface area contributed by atoms with Gasteiger partial charge in [0.25, 0.3) is 0 Å². The molecule has 6 N–H and O–H groups in total. The topological polar surface area (TPSA) is 204 Å². The molecule has 0 aliphatic rings. The van der Waals surface area contributed by atoms with Crippen molar-refractivity contribution in [3.63, 3.8) is 0 Å². The van der Waals surface area contributed by atoms with Crippen LogP contribution in [0, 0.1) is 0 Å². The zero-order valence-corrected chi connectivity index (χ0v) is 41.7. The second kappa shape index (κ2) is 22.6. The summed E-state index contributed by atoms with van der Waals surface area (Å²) in [6.07, 6.45) is 2.94. The van der Waals surface area contributed by atoms with Crippen LogP contribution in [0.25, 0.3) is 66.7 Å². The highest BCUT2D eigenvalue weighted by Crippen LogP contribution is 2.38. The molecule has 0 unspecified atom stereocenters. The molecule has 0 saturated carbocycles. The highest BCUT2D eigenvalue weighted by Gasteiger charge is 2.18. The zero-order valence-electron chi connectivity index (χ0n) is 40.1. The summed E-state index contributed by atoms with van der Waals surface area (Å²) in [5.41, 5.74) is 18.0. The highest BCUT2D eigenvalue weighted by atomic mass is 79.9. The summed E-state index contributed by atoms with van der Waals surface area (Å²) in [6.45, 7) is 1.55. The number of fused-ring (bicyclic) bond motifs is 2. The third-order valence-electron chi connectivity index (χ3n) is 11.7. The first-order chi connectivity index (χ1) is 35.7. The van der Waals surface area contributed by atoms with Crippen LogP contribution in [0.4, 0.5) is 28.7 Å². The van der Waals surface area contributed by atoms with Crippen LogP contribution in [-0.4, -0.2) is 67.4 Å². The number of Topliss-reactive ketones (excluding diaryl/α,β-unsaturated/α-hetero) is 1. The van der Waals surface area contributed by atoms with Crippen LogP contribution >= 0.6 is 15.9 Å². The first-order valence-corrected chi connectivity index (χ1v) is 23.7. The maximum atomic E-state index is 11.9. The fourth-order valence-corrected chi connectivity index (χ4v) is 8.45. The minimum Gasteiger partial charge on any atom is -0.495 e. The number of halogens is 1. The maximum Gasteiger partial charge on any atom is 0.187 e. The average Bonchev–Trinajstić information content (AvgIpc) is 4.06. The second-order valence-electron chi connectivity index (χ2n) is 16.2. The molecule has 0 atom stereocenters. The fraction of sp³-hybridized carbons (Fsp3) is 0.0702. The Balaban J connectivity index is 0.000000145. The third-order valence-corrected chi connectivity index (χ3v) is 12.2. The molecule has 0 amide bonds. The van der Waals surface area contributed by atoms with Crippen LogP contribution in [0.5, 0.6) is 17.2 Å². The van der Waals surface area contributed by atoms with E-state index in [1.165, 1.54) is 12.7 Å². The van der Waals surface area contributed by atoms with Gasteiger partial charge in [0.1, 0.15) is 46.1 Å². The van der Waals surface area contributed by atoms with E-state index in [2.05, 4.69) is 103 Å². The van der Waals surface area contributed by atoms with Gasteiger partial charge in [-0.3, -0.25) is 15.0 Å². The number of hydrogen-bond donors (Lipinski definition) is 5. The number of H-pyrrole nitrogens is 2. The lowest BCUT2D eigenvalue weighted by Gasteiger charge is -2.13. The van der Waals surface area contributed by atoms with Crippen molar-refractivity contribution >= 4 is 72.5 Å². The van der Waals surface area contributed by atoms with Gasteiger partial charge in [-0.1, -0.05) is 127 Å². The zero-order chi connectivity index (χ0) is 50.7. The minimum atomic E-state index is -0.00210. The number of benzene rings is 7. The van der Waals surface area contributed by atoms with Crippen molar-refractivity contribution < 1.29 is 19.0 Å². The van der Waals surface area contributed by atoms with E-state index in [1.807, 2.05) is 127 Å². The first kappa shape index (κ1) is 48.6. The number of anilines is 5. The third kappa shape index (κ3) is 11.1. The number of nitrogens with zero attached hydrogens (tertiary/aromatic N) is 6. The van der Waals surface area contributed by atoms with E-state index in [0.29, 0.717) is 39.9 Å². The molecule has 0 bridgehead atoms. The summed E-state index contributed by atoms with van der Waals surface area (Å²) in [5.74, 6) is 3.36. The van der Waals surface area contributed by atoms with E-state index in [-0.39, 0.29) is 5.78 Å². The molecule has 0 aliphatic heterocycles. The molecular weight excluding hydrogens is 983 g/mol. The van der Waals surface area contributed by atoms with Gasteiger partial charge in [0.2, 0.25) is 0 Å². The van der Waals surface area contributed by atoms with Crippen LogP contribution in [0.2, 0.25) is 0 Å². The largest absolute Gasteiger partial charge is 0.495 e. The second-order valence-corrected chi connectivity index (χ2v) is 17.0. The number of nitrogens with one attached hydrogen (secondary N) is 4. The van der Waals surface area contributed by atoms with Gasteiger partial charge in [-0.05, 0) is 98.7 Å². The number of hydrogen-bond acceptors (Lipinski definition) is 13. The Bertz CT molecular complexity index is 3670. The maximum absolute atomic E-state index is 11.9. The minimum absolute atomic E-state index is 0.00210. The molecule has 11 rings (SSSR count). The summed E-state index contributed by atoms with van der Waals surface area (Å²) in [6, 6.07) is 55.6. The van der Waals surface area contributed by atoms with Crippen LogP contribution < -0.4 is 30.6 Å². The lowest BCUT2D eigenvalue weighted by molar-refractivity contribution is 0.101. The predicted molar refractivity (Wildman–Crippen MR) is 293 cm³/mol. The highest BCUT2D eigenvalue weighted by molar-refractivity contribution is 9.10. The number of ether oxygens (including phenoxy) is 3. The predicted octanol–water partition coefficient (Wildman–Crippen LogP) is 13.1. The summed E-state index contributed by atoms with van der Waals surface area (Å²) in [5, 5.41) is 22.7. The molecule has 73 heavy (non-hydrogen) atoms. The Morgan fingerprint density at radius 3 is 1.44 bits per heavy atom. The lowest BCUT2D eigenvalue weighted by Crippen LogP contribution is -1.99. The summed E-state index contributed by atoms with van der Waals surface area (Å²) in [4.78, 5) is 29.2. The lowest BCUT2D eigenvalue weighted by atomic mass is 10.0. The Morgan fingerprint density at radius 1 is 0.493 bits per heavy atom. The van der Waals surface area contributed by atoms with Gasteiger partial charge in [-0.2, -0.15) is 10.2 Å². The molecule has 7 aromatic carbocycles. The average molecular weight is 1030 g/mol. The van der Waals surface area contributed by atoms with Crippen molar-refractivity contribution in [2.24, 2.45) is 0 Å². The summed E-state index contributed by atoms with van der Waals surface area (Å²) >= 11 is 3.45. The van der Waals surface area contributed by atoms with Gasteiger partial charge in [0.15, 0.2) is 17.1 Å². The van der Waals surface area contributed by atoms with Crippen molar-refractivity contribution in [3.8, 4) is 61.9 Å². The van der Waals surface area contributed by atoms with Crippen molar-refractivity contribution in [2.75, 3.05) is 37.7 Å². The van der Waals surface area contributed by atoms with E-state index >= 15 is 0 Å².